The van der Waals surface area contributed by atoms with Crippen LogP contribution in [0.2, 0.25) is 0 Å². The van der Waals surface area contributed by atoms with E-state index in [4.69, 9.17) is 0 Å². The molecule has 0 fully saturated rings. The second-order valence-electron chi connectivity index (χ2n) is 6.75. The van der Waals surface area contributed by atoms with Crippen LogP contribution < -0.4 is 0 Å². The van der Waals surface area contributed by atoms with Crippen molar-refractivity contribution in [1.29, 1.82) is 0 Å². The minimum absolute atomic E-state index is 0.338. The minimum Gasteiger partial charge on any atom is -0.262 e. The quantitative estimate of drug-likeness (QED) is 0.643. The van der Waals surface area contributed by atoms with Crippen molar-refractivity contribution in [2.24, 2.45) is 0 Å². The summed E-state index contributed by atoms with van der Waals surface area (Å²) in [5.74, 6) is 0. The zero-order chi connectivity index (χ0) is 18.9. The Balaban J connectivity index is 1.98. The van der Waals surface area contributed by atoms with Crippen molar-refractivity contribution in [3.8, 4) is 22.4 Å². The van der Waals surface area contributed by atoms with Gasteiger partial charge in [-0.3, -0.25) is 4.68 Å². The Kier molecular flexibility index (Phi) is 5.01. The Labute approximate surface area is 155 Å². The molecule has 1 unspecified atom stereocenters. The molecule has 0 bridgehead atoms. The van der Waals surface area contributed by atoms with Gasteiger partial charge < -0.3 is 0 Å². The summed E-state index contributed by atoms with van der Waals surface area (Å²) in [7, 11) is -3.21. The van der Waals surface area contributed by atoms with Gasteiger partial charge in [0.25, 0.3) is 0 Å². The zero-order valence-corrected chi connectivity index (χ0v) is 16.4. The van der Waals surface area contributed by atoms with Gasteiger partial charge in [-0.25, -0.2) is 8.42 Å². The smallest absolute Gasteiger partial charge is 0.175 e. The van der Waals surface area contributed by atoms with E-state index < -0.39 is 9.84 Å². The highest BCUT2D eigenvalue weighted by molar-refractivity contribution is 7.90. The Morgan fingerprint density at radius 3 is 2.27 bits per heavy atom. The summed E-state index contributed by atoms with van der Waals surface area (Å²) >= 11 is 0. The van der Waals surface area contributed by atoms with Crippen LogP contribution >= 0.6 is 0 Å². The fraction of sp³-hybridized carbons (Fsp3) is 0.286. The Morgan fingerprint density at radius 1 is 1.00 bits per heavy atom. The third kappa shape index (κ3) is 3.73. The van der Waals surface area contributed by atoms with Crippen LogP contribution in [0.15, 0.2) is 59.5 Å². The molecule has 3 aromatic rings. The van der Waals surface area contributed by atoms with Crippen molar-refractivity contribution >= 4 is 9.84 Å². The van der Waals surface area contributed by atoms with Gasteiger partial charge in [-0.2, -0.15) is 5.10 Å². The zero-order valence-electron chi connectivity index (χ0n) is 15.6. The summed E-state index contributed by atoms with van der Waals surface area (Å²) in [5, 5.41) is 4.63. The molecule has 0 N–H and O–H groups in total. The molecule has 0 spiro atoms. The van der Waals surface area contributed by atoms with E-state index in [0.29, 0.717) is 10.9 Å². The van der Waals surface area contributed by atoms with Gasteiger partial charge in [-0.15, -0.1) is 0 Å². The summed E-state index contributed by atoms with van der Waals surface area (Å²) in [6.45, 7) is 6.33. The topological polar surface area (TPSA) is 52.0 Å². The molecular weight excluding hydrogens is 344 g/mol. The van der Waals surface area contributed by atoms with Crippen LogP contribution in [-0.4, -0.2) is 24.5 Å². The van der Waals surface area contributed by atoms with Crippen LogP contribution in [0.5, 0.6) is 0 Å². The van der Waals surface area contributed by atoms with Crippen molar-refractivity contribution in [1.82, 2.24) is 9.78 Å². The molecule has 4 nitrogen and oxygen atoms in total. The van der Waals surface area contributed by atoms with Crippen molar-refractivity contribution < 1.29 is 8.42 Å². The number of benzene rings is 2. The van der Waals surface area contributed by atoms with Crippen LogP contribution in [-0.2, 0) is 9.84 Å². The molecule has 1 atom stereocenters. The average Bonchev–Trinajstić information content (AvgIpc) is 3.02. The van der Waals surface area contributed by atoms with Gasteiger partial charge in [0.05, 0.1) is 16.3 Å². The molecule has 0 aliphatic heterocycles. The maximum Gasteiger partial charge on any atom is 0.175 e. The van der Waals surface area contributed by atoms with Crippen LogP contribution in [0, 0.1) is 6.92 Å². The van der Waals surface area contributed by atoms with Crippen LogP contribution in [0.4, 0.5) is 0 Å². The lowest BCUT2D eigenvalue weighted by atomic mass is 10.0. The predicted octanol–water partition coefficient (Wildman–Crippen LogP) is 4.90. The molecule has 2 aromatic carbocycles. The standard InChI is InChI=1S/C21H24N2O2S/c1-5-16(3)23-21(13-15(2)22-23)18-11-9-17(10-12-18)19-7-6-8-20(14-19)26(4,24)25/h6-14,16H,5H2,1-4H3. The van der Waals surface area contributed by atoms with Gasteiger partial charge in [0, 0.05) is 12.3 Å². The highest BCUT2D eigenvalue weighted by Gasteiger charge is 2.13. The predicted molar refractivity (Wildman–Crippen MR) is 106 cm³/mol. The first-order chi connectivity index (χ1) is 12.3. The third-order valence-corrected chi connectivity index (χ3v) is 5.75. The second-order valence-corrected chi connectivity index (χ2v) is 8.77. The molecule has 0 saturated heterocycles. The van der Waals surface area contributed by atoms with E-state index in [-0.39, 0.29) is 0 Å². The first kappa shape index (κ1) is 18.4. The molecular formula is C21H24N2O2S. The van der Waals surface area contributed by atoms with Gasteiger partial charge in [0.15, 0.2) is 9.84 Å². The molecule has 0 aliphatic rings. The highest BCUT2D eigenvalue weighted by atomic mass is 32.2. The van der Waals surface area contributed by atoms with Crippen molar-refractivity contribution in [3.63, 3.8) is 0 Å². The highest BCUT2D eigenvalue weighted by Crippen LogP contribution is 2.28. The molecule has 1 heterocycles. The van der Waals surface area contributed by atoms with Crippen LogP contribution in [0.25, 0.3) is 22.4 Å². The molecule has 0 saturated carbocycles. The van der Waals surface area contributed by atoms with E-state index >= 15 is 0 Å². The maximum absolute atomic E-state index is 11.8. The van der Waals surface area contributed by atoms with Gasteiger partial charge in [-0.05, 0) is 55.2 Å². The van der Waals surface area contributed by atoms with Gasteiger partial charge in [0.2, 0.25) is 0 Å². The lowest BCUT2D eigenvalue weighted by molar-refractivity contribution is 0.480. The van der Waals surface area contributed by atoms with Crippen molar-refractivity contribution in [2.45, 2.75) is 38.1 Å². The lowest BCUT2D eigenvalue weighted by Crippen LogP contribution is -2.07. The van der Waals surface area contributed by atoms with Crippen molar-refractivity contribution in [2.75, 3.05) is 6.26 Å². The summed E-state index contributed by atoms with van der Waals surface area (Å²) in [4.78, 5) is 0.338. The third-order valence-electron chi connectivity index (χ3n) is 4.64. The molecule has 5 heteroatoms. The molecule has 0 radical (unpaired) electrons. The monoisotopic (exact) mass is 368 g/mol. The number of sulfone groups is 1. The Morgan fingerprint density at radius 2 is 1.65 bits per heavy atom. The summed E-state index contributed by atoms with van der Waals surface area (Å²) in [6.07, 6.45) is 2.25. The van der Waals surface area contributed by atoms with Gasteiger partial charge >= 0.3 is 0 Å². The summed E-state index contributed by atoms with van der Waals surface area (Å²) in [6, 6.07) is 17.7. The Hall–Kier alpha value is -2.40. The van der Waals surface area contributed by atoms with Crippen molar-refractivity contribution in [3.05, 3.63) is 60.3 Å². The van der Waals surface area contributed by atoms with Crippen LogP contribution in [0.3, 0.4) is 0 Å². The number of nitrogens with zero attached hydrogens (tertiary/aromatic N) is 2. The largest absolute Gasteiger partial charge is 0.262 e. The van der Waals surface area contributed by atoms with Gasteiger partial charge in [-0.1, -0.05) is 43.3 Å². The normalized spacial score (nSPS) is 12.9. The minimum atomic E-state index is -3.21. The SMILES string of the molecule is CCC(C)n1nc(C)cc1-c1ccc(-c2cccc(S(C)(=O)=O)c2)cc1. The fourth-order valence-electron chi connectivity index (χ4n) is 2.98. The number of hydrogen-bond acceptors (Lipinski definition) is 3. The van der Waals surface area contributed by atoms with Crippen LogP contribution in [0.1, 0.15) is 32.0 Å². The first-order valence-electron chi connectivity index (χ1n) is 8.76. The van der Waals surface area contributed by atoms with E-state index in [1.807, 2.05) is 25.1 Å². The van der Waals surface area contributed by atoms with E-state index in [1.165, 1.54) is 6.26 Å². The molecule has 3 rings (SSSR count). The van der Waals surface area contributed by atoms with E-state index in [1.54, 1.807) is 18.2 Å². The molecule has 1 aromatic heterocycles. The molecule has 26 heavy (non-hydrogen) atoms. The average molecular weight is 369 g/mol. The van der Waals surface area contributed by atoms with E-state index in [0.717, 1.165) is 34.5 Å². The summed E-state index contributed by atoms with van der Waals surface area (Å²) < 4.78 is 25.6. The Bertz CT molecular complexity index is 1020. The molecule has 0 amide bonds. The van der Waals surface area contributed by atoms with E-state index in [2.05, 4.69) is 41.8 Å². The fourth-order valence-corrected chi connectivity index (χ4v) is 3.65. The molecule has 136 valence electrons. The second kappa shape index (κ2) is 7.08. The van der Waals surface area contributed by atoms with Gasteiger partial charge in [0.1, 0.15) is 0 Å². The number of hydrogen-bond donors (Lipinski definition) is 0. The summed E-state index contributed by atoms with van der Waals surface area (Å²) in [5.41, 5.74) is 5.10. The number of rotatable bonds is 5. The molecule has 0 aliphatic carbocycles. The lowest BCUT2D eigenvalue weighted by Gasteiger charge is -2.14. The van der Waals surface area contributed by atoms with E-state index in [9.17, 15) is 8.42 Å². The maximum atomic E-state index is 11.8. The first-order valence-corrected chi connectivity index (χ1v) is 10.7. The number of aromatic nitrogens is 2. The number of aryl methyl sites for hydroxylation is 1.